The lowest BCUT2D eigenvalue weighted by atomic mass is 10.1. The maximum atomic E-state index is 12.3. The van der Waals surface area contributed by atoms with Gasteiger partial charge in [-0.05, 0) is 39.8 Å². The molecule has 1 aromatic rings. The number of carbonyl (C=O) groups is 1. The maximum absolute atomic E-state index is 12.3. The van der Waals surface area contributed by atoms with Crippen molar-refractivity contribution in [2.24, 2.45) is 5.92 Å². The zero-order valence-electron chi connectivity index (χ0n) is 13.1. The molecular weight excluding hydrogens is 286 g/mol. The summed E-state index contributed by atoms with van der Waals surface area (Å²) in [5.74, 6) is 0.774. The minimum absolute atomic E-state index is 0.0991. The average Bonchev–Trinajstić information content (AvgIpc) is 3.04. The third-order valence-electron chi connectivity index (χ3n) is 3.92. The van der Waals surface area contributed by atoms with E-state index in [1.807, 2.05) is 0 Å². The van der Waals surface area contributed by atoms with Crippen LogP contribution in [0.5, 0.6) is 0 Å². The topological polar surface area (TPSA) is 74.5 Å². The number of nitrogens with two attached hydrogens (primary N) is 1. The number of likely N-dealkylation sites (tertiary alicyclic amines) is 1. The van der Waals surface area contributed by atoms with Gasteiger partial charge in [-0.15, -0.1) is 0 Å². The van der Waals surface area contributed by atoms with E-state index in [0.29, 0.717) is 23.2 Å². The van der Waals surface area contributed by atoms with Crippen molar-refractivity contribution in [3.05, 3.63) is 4.88 Å². The van der Waals surface area contributed by atoms with E-state index in [-0.39, 0.29) is 5.91 Å². The van der Waals surface area contributed by atoms with Gasteiger partial charge >= 0.3 is 0 Å². The predicted octanol–water partition coefficient (Wildman–Crippen LogP) is 1.25. The number of carbonyl (C=O) groups excluding carboxylic acids is 1. The molecule has 21 heavy (non-hydrogen) atoms. The van der Waals surface area contributed by atoms with Crippen molar-refractivity contribution in [1.82, 2.24) is 15.2 Å². The van der Waals surface area contributed by atoms with Crippen LogP contribution in [0.1, 0.15) is 29.9 Å². The van der Waals surface area contributed by atoms with Crippen molar-refractivity contribution in [2.75, 3.05) is 50.4 Å². The fraction of sp³-hybridized carbons (Fsp3) is 0.714. The Bertz CT molecular complexity index is 486. The molecule has 0 radical (unpaired) electrons. The molecule has 1 aliphatic rings. The van der Waals surface area contributed by atoms with Crippen LogP contribution in [0.3, 0.4) is 0 Å². The quantitative estimate of drug-likeness (QED) is 0.827. The number of nitrogen functional groups attached to an aromatic ring is 1. The Morgan fingerprint density at radius 2 is 2.24 bits per heavy atom. The number of anilines is 2. The zero-order valence-corrected chi connectivity index (χ0v) is 13.9. The second-order valence-electron chi connectivity index (χ2n) is 5.51. The van der Waals surface area contributed by atoms with Gasteiger partial charge in [-0.2, -0.15) is 0 Å². The molecule has 1 saturated heterocycles. The first-order valence-corrected chi connectivity index (χ1v) is 8.34. The van der Waals surface area contributed by atoms with E-state index in [9.17, 15) is 4.79 Å². The predicted molar refractivity (Wildman–Crippen MR) is 88.0 cm³/mol. The second-order valence-corrected chi connectivity index (χ2v) is 6.49. The fourth-order valence-electron chi connectivity index (χ4n) is 2.62. The molecule has 0 aromatic carbocycles. The van der Waals surface area contributed by atoms with E-state index < -0.39 is 0 Å². The minimum atomic E-state index is -0.0991. The number of aromatic nitrogens is 1. The lowest BCUT2D eigenvalue weighted by molar-refractivity contribution is 0.0952. The van der Waals surface area contributed by atoms with Crippen molar-refractivity contribution >= 4 is 28.2 Å². The zero-order chi connectivity index (χ0) is 15.4. The Morgan fingerprint density at radius 3 is 2.81 bits per heavy atom. The summed E-state index contributed by atoms with van der Waals surface area (Å²) in [6, 6.07) is 0. The van der Waals surface area contributed by atoms with Crippen LogP contribution in [0.15, 0.2) is 0 Å². The molecule has 2 rings (SSSR count). The van der Waals surface area contributed by atoms with E-state index in [1.54, 1.807) is 0 Å². The molecule has 3 N–H and O–H groups in total. The Labute approximate surface area is 130 Å². The SMILES string of the molecule is CCN(CC)c1nc(N)c(C(=O)NCC2CCN(C)C2)s1. The molecule has 6 nitrogen and oxygen atoms in total. The maximum Gasteiger partial charge on any atom is 0.265 e. The van der Waals surface area contributed by atoms with E-state index in [1.165, 1.54) is 11.3 Å². The molecule has 118 valence electrons. The largest absolute Gasteiger partial charge is 0.382 e. The highest BCUT2D eigenvalue weighted by molar-refractivity contribution is 7.18. The minimum Gasteiger partial charge on any atom is -0.382 e. The summed E-state index contributed by atoms with van der Waals surface area (Å²) in [7, 11) is 2.11. The first kappa shape index (κ1) is 16.0. The standard InChI is InChI=1S/C14H25N5OS/c1-4-19(5-2)14-17-12(15)11(21-14)13(20)16-8-10-6-7-18(3)9-10/h10H,4-9,15H2,1-3H3,(H,16,20). The van der Waals surface area contributed by atoms with Crippen LogP contribution < -0.4 is 16.0 Å². The van der Waals surface area contributed by atoms with Gasteiger partial charge in [0.1, 0.15) is 10.7 Å². The van der Waals surface area contributed by atoms with Gasteiger partial charge < -0.3 is 20.9 Å². The molecule has 0 bridgehead atoms. The molecular formula is C14H25N5OS. The van der Waals surface area contributed by atoms with E-state index in [4.69, 9.17) is 5.73 Å². The Morgan fingerprint density at radius 1 is 1.52 bits per heavy atom. The van der Waals surface area contributed by atoms with Crippen molar-refractivity contribution in [2.45, 2.75) is 20.3 Å². The van der Waals surface area contributed by atoms with Crippen LogP contribution in [0.2, 0.25) is 0 Å². The molecule has 1 fully saturated rings. The fourth-order valence-corrected chi connectivity index (χ4v) is 3.65. The summed E-state index contributed by atoms with van der Waals surface area (Å²) in [5, 5.41) is 3.82. The Balaban J connectivity index is 1.95. The number of rotatable bonds is 6. The van der Waals surface area contributed by atoms with Crippen LogP contribution >= 0.6 is 11.3 Å². The normalized spacial score (nSPS) is 18.9. The highest BCUT2D eigenvalue weighted by atomic mass is 32.1. The van der Waals surface area contributed by atoms with Gasteiger partial charge in [0, 0.05) is 26.2 Å². The second kappa shape index (κ2) is 7.09. The number of nitrogens with zero attached hydrogens (tertiary/aromatic N) is 3. The summed E-state index contributed by atoms with van der Waals surface area (Å²) >= 11 is 1.38. The summed E-state index contributed by atoms with van der Waals surface area (Å²) in [6.45, 7) is 8.71. The number of nitrogens with one attached hydrogen (secondary N) is 1. The van der Waals surface area contributed by atoms with Gasteiger partial charge in [0.2, 0.25) is 0 Å². The van der Waals surface area contributed by atoms with Crippen molar-refractivity contribution in [3.63, 3.8) is 0 Å². The lowest BCUT2D eigenvalue weighted by Crippen LogP contribution is -2.30. The molecule has 1 atom stereocenters. The lowest BCUT2D eigenvalue weighted by Gasteiger charge is -2.16. The summed E-state index contributed by atoms with van der Waals surface area (Å²) in [5.41, 5.74) is 5.90. The van der Waals surface area contributed by atoms with Crippen LogP contribution in [-0.2, 0) is 0 Å². The van der Waals surface area contributed by atoms with E-state index in [2.05, 4.69) is 41.0 Å². The van der Waals surface area contributed by atoms with E-state index >= 15 is 0 Å². The molecule has 1 aliphatic heterocycles. The van der Waals surface area contributed by atoms with Gasteiger partial charge in [0.25, 0.3) is 5.91 Å². The van der Waals surface area contributed by atoms with Crippen molar-refractivity contribution in [3.8, 4) is 0 Å². The molecule has 1 amide bonds. The summed E-state index contributed by atoms with van der Waals surface area (Å²) < 4.78 is 0. The third kappa shape index (κ3) is 3.85. The first-order valence-electron chi connectivity index (χ1n) is 7.53. The highest BCUT2D eigenvalue weighted by Crippen LogP contribution is 2.28. The van der Waals surface area contributed by atoms with Crippen LogP contribution in [0.25, 0.3) is 0 Å². The molecule has 0 spiro atoms. The van der Waals surface area contributed by atoms with Gasteiger partial charge in [0.05, 0.1) is 0 Å². The van der Waals surface area contributed by atoms with Crippen LogP contribution in [0, 0.1) is 5.92 Å². The first-order chi connectivity index (χ1) is 10.0. The molecule has 0 aliphatic carbocycles. The smallest absolute Gasteiger partial charge is 0.265 e. The van der Waals surface area contributed by atoms with Crippen LogP contribution in [0.4, 0.5) is 10.9 Å². The van der Waals surface area contributed by atoms with Gasteiger partial charge in [-0.25, -0.2) is 4.98 Å². The molecule has 2 heterocycles. The summed E-state index contributed by atoms with van der Waals surface area (Å²) in [6.07, 6.45) is 1.14. The van der Waals surface area contributed by atoms with Gasteiger partial charge in [0.15, 0.2) is 5.13 Å². The number of hydrogen-bond acceptors (Lipinski definition) is 6. The highest BCUT2D eigenvalue weighted by Gasteiger charge is 2.22. The molecule has 1 aromatic heterocycles. The summed E-state index contributed by atoms with van der Waals surface area (Å²) in [4.78, 5) is 21.5. The number of thiazole rings is 1. The molecule has 1 unspecified atom stereocenters. The Hall–Kier alpha value is -1.34. The van der Waals surface area contributed by atoms with Gasteiger partial charge in [-0.3, -0.25) is 4.79 Å². The monoisotopic (exact) mass is 311 g/mol. The number of hydrogen-bond donors (Lipinski definition) is 2. The third-order valence-corrected chi connectivity index (χ3v) is 5.05. The van der Waals surface area contributed by atoms with E-state index in [0.717, 1.165) is 37.7 Å². The average molecular weight is 311 g/mol. The van der Waals surface area contributed by atoms with Crippen molar-refractivity contribution in [1.29, 1.82) is 0 Å². The molecule has 0 saturated carbocycles. The van der Waals surface area contributed by atoms with Crippen LogP contribution in [-0.4, -0.2) is 55.6 Å². The Kier molecular flexibility index (Phi) is 5.41. The number of amides is 1. The van der Waals surface area contributed by atoms with Crippen molar-refractivity contribution < 1.29 is 4.79 Å². The van der Waals surface area contributed by atoms with Gasteiger partial charge in [-0.1, -0.05) is 11.3 Å². The molecule has 7 heteroatoms.